The van der Waals surface area contributed by atoms with Gasteiger partial charge in [0.25, 0.3) is 0 Å². The third kappa shape index (κ3) is 3.13. The Hall–Kier alpha value is -1.44. The van der Waals surface area contributed by atoms with Crippen molar-refractivity contribution in [2.45, 2.75) is 77.2 Å². The van der Waals surface area contributed by atoms with Crippen LogP contribution in [0.1, 0.15) is 112 Å². The van der Waals surface area contributed by atoms with Gasteiger partial charge in [0, 0.05) is 51.6 Å². The minimum Gasteiger partial charge on any atom is -0.507 e. The molecule has 0 saturated carbocycles. The molecule has 0 aromatic heterocycles. The molecule has 23 heavy (non-hydrogen) atoms. The van der Waals surface area contributed by atoms with Gasteiger partial charge in [-0.2, -0.15) is 0 Å². The van der Waals surface area contributed by atoms with Crippen LogP contribution in [0.4, 0.5) is 0 Å². The summed E-state index contributed by atoms with van der Waals surface area (Å²) in [6.07, 6.45) is -24.6. The minimum atomic E-state index is -4.27. The summed E-state index contributed by atoms with van der Waals surface area (Å²) in [4.78, 5) is 0. The maximum absolute atomic E-state index is 11.2. The summed E-state index contributed by atoms with van der Waals surface area (Å²) < 4.78 is 218. The topological polar surface area (TPSA) is 29.5 Å². The fraction of sp³-hybridized carbons (Fsp3) is 0.619. The van der Waals surface area contributed by atoms with Crippen LogP contribution in [-0.4, -0.2) is 10.7 Å². The number of hydrogen-bond acceptors (Lipinski definition) is 2. The molecule has 1 N–H and O–H groups in total. The summed E-state index contributed by atoms with van der Waals surface area (Å²) in [5.74, 6) is -9.62. The Morgan fingerprint density at radius 2 is 2.43 bits per heavy atom. The summed E-state index contributed by atoms with van der Waals surface area (Å²) >= 11 is 0. The Morgan fingerprint density at radius 1 is 1.52 bits per heavy atom. The van der Waals surface area contributed by atoms with Crippen molar-refractivity contribution in [3.8, 4) is 11.5 Å². The minimum absolute atomic E-state index is 0.264. The molecule has 3 rings (SSSR count). The predicted molar refractivity (Wildman–Crippen MR) is 95.3 cm³/mol. The van der Waals surface area contributed by atoms with Crippen LogP contribution in [0, 0.1) is 5.89 Å². The Kier molecular flexibility index (Phi) is 1.00. The van der Waals surface area contributed by atoms with Gasteiger partial charge in [0.1, 0.15) is 17.1 Å². The van der Waals surface area contributed by atoms with Crippen LogP contribution in [0.25, 0.3) is 0 Å². The van der Waals surface area contributed by atoms with E-state index in [1.54, 1.807) is 0 Å². The van der Waals surface area contributed by atoms with Gasteiger partial charge in [-0.05, 0) is 63.7 Å². The Morgan fingerprint density at radius 3 is 3.22 bits per heavy atom. The zero-order chi connectivity index (χ0) is 39.2. The van der Waals surface area contributed by atoms with Crippen LogP contribution < -0.4 is 4.74 Å². The van der Waals surface area contributed by atoms with E-state index in [1.807, 2.05) is 0 Å². The van der Waals surface area contributed by atoms with Crippen molar-refractivity contribution in [2.75, 3.05) is 0 Å². The van der Waals surface area contributed by atoms with E-state index >= 15 is 0 Å². The lowest BCUT2D eigenvalue weighted by Crippen LogP contribution is -2.45. The van der Waals surface area contributed by atoms with Crippen molar-refractivity contribution in [1.29, 1.82) is 0 Å². The van der Waals surface area contributed by atoms with Crippen LogP contribution in [0.3, 0.4) is 0 Å². The SMILES string of the molecule is [2H]C1=C(C([2H])([2H])[2H])C([2H])([2H])C([2H])([2H])[C@]2([2H])[C@@H]1c1c(O)cc(C([2H])([2H])C([2H])([2H])C([2H])([2H])C([2H])([2H])C([2H])([2H])[2H])cc1OC2(C([2H])([2H])[2H])C([2H])([2H])[2H]. The van der Waals surface area contributed by atoms with E-state index in [-0.39, 0.29) is 12.1 Å². The maximum Gasteiger partial charge on any atom is 0.127 e. The van der Waals surface area contributed by atoms with Crippen molar-refractivity contribution in [2.24, 2.45) is 5.89 Å². The second-order valence-electron chi connectivity index (χ2n) is 4.81. The lowest BCUT2D eigenvalue weighted by molar-refractivity contribution is 0.0107. The Balaban J connectivity index is 2.62. The molecular weight excluding hydrogens is 284 g/mol. The van der Waals surface area contributed by atoms with Crippen LogP contribution >= 0.6 is 0 Å². The van der Waals surface area contributed by atoms with Crippen molar-refractivity contribution in [1.82, 2.24) is 0 Å². The highest BCUT2D eigenvalue weighted by Crippen LogP contribution is 2.53. The first kappa shape index (κ1) is 3.71. The molecule has 0 fully saturated rings. The van der Waals surface area contributed by atoms with Gasteiger partial charge in [0.2, 0.25) is 0 Å². The van der Waals surface area contributed by atoms with Crippen LogP contribution in [-0.2, 0) is 6.37 Å². The number of fused-ring (bicyclic) bond motifs is 3. The number of allylic oxidation sites excluding steroid dienone is 2. The molecule has 1 aliphatic heterocycles. The van der Waals surface area contributed by atoms with Gasteiger partial charge in [0.15, 0.2) is 0 Å². The van der Waals surface area contributed by atoms with Gasteiger partial charge in [-0.3, -0.25) is 0 Å². The summed E-state index contributed by atoms with van der Waals surface area (Å²) in [5.41, 5.74) is -8.27. The third-order valence-electron chi connectivity index (χ3n) is 3.28. The first-order chi connectivity index (χ1) is 21.1. The maximum atomic E-state index is 11.2. The normalized spacial score (nSPS) is 54.5. The average Bonchev–Trinajstić information content (AvgIpc) is 2.83. The largest absolute Gasteiger partial charge is 0.507 e. The second kappa shape index (κ2) is 6.22. The molecule has 0 bridgehead atoms. The van der Waals surface area contributed by atoms with Crippen LogP contribution in [0.2, 0.25) is 0 Å². The molecule has 2 heteroatoms. The third-order valence-corrected chi connectivity index (χ3v) is 3.28. The fourth-order valence-corrected chi connectivity index (χ4v) is 2.38. The van der Waals surface area contributed by atoms with Gasteiger partial charge in [-0.15, -0.1) is 0 Å². The van der Waals surface area contributed by atoms with E-state index in [1.165, 1.54) is 0 Å². The molecule has 0 saturated heterocycles. The van der Waals surface area contributed by atoms with Gasteiger partial charge in [-0.1, -0.05) is 31.2 Å². The van der Waals surface area contributed by atoms with E-state index in [0.717, 1.165) is 0 Å². The Bertz CT molecular complexity index is 1520. The van der Waals surface area contributed by atoms with E-state index in [9.17, 15) is 6.48 Å². The van der Waals surface area contributed by atoms with Gasteiger partial charge >= 0.3 is 0 Å². The monoisotopic (exact) mass is 340 g/mol. The number of ether oxygens (including phenoxy) is 1. The molecular formula is C21H30O2. The van der Waals surface area contributed by atoms with E-state index in [2.05, 4.69) is 0 Å². The molecule has 0 spiro atoms. The number of hydrogen-bond donors (Lipinski definition) is 1. The number of benzene rings is 1. The van der Waals surface area contributed by atoms with Gasteiger partial charge in [-0.25, -0.2) is 0 Å². The highest BCUT2D eigenvalue weighted by molar-refractivity contribution is 5.53. The molecule has 1 aromatic carbocycles. The molecule has 0 amide bonds. The number of phenols is 1. The van der Waals surface area contributed by atoms with Crippen molar-refractivity contribution in [3.05, 3.63) is 34.9 Å². The van der Waals surface area contributed by atoms with Crippen molar-refractivity contribution < 1.29 is 45.5 Å². The highest BCUT2D eigenvalue weighted by atomic mass is 16.5. The first-order valence-electron chi connectivity index (χ1n) is 19.4. The number of aromatic hydroxyl groups is 1. The van der Waals surface area contributed by atoms with Crippen molar-refractivity contribution >= 4 is 0 Å². The van der Waals surface area contributed by atoms with Crippen LogP contribution in [0.5, 0.6) is 11.5 Å². The first-order valence-corrected chi connectivity index (χ1v) is 6.40. The fourth-order valence-electron chi connectivity index (χ4n) is 2.38. The molecule has 2 nitrogen and oxygen atoms in total. The standard InChI is InChI=1S/C21H30O2/c1-5-6-7-8-15-12-18(22)20-16-11-14(2)9-10-17(16)21(3,4)23-19(20)13-15/h11-13,16-17,22H,5-10H2,1-4H3/t16-,17-/m1/s1/i1D3,2D3,3D3,4D3,5D2,6D2,7D2,8D2,9D2,10D2,11D,17D. The van der Waals surface area contributed by atoms with Gasteiger partial charge < -0.3 is 9.84 Å². The molecule has 2 aliphatic rings. The summed E-state index contributed by atoms with van der Waals surface area (Å²) in [6.45, 7) is -16.0. The molecule has 0 radical (unpaired) electrons. The molecule has 2 atom stereocenters. The second-order valence-corrected chi connectivity index (χ2v) is 4.81. The number of aryl methyl sites for hydroxylation is 1. The number of phenolic OH excluding ortho intramolecular Hbond substituents is 1. The van der Waals surface area contributed by atoms with Crippen LogP contribution in [0.15, 0.2) is 23.8 Å². The zero-order valence-corrected chi connectivity index (χ0v) is 11.6. The lowest BCUT2D eigenvalue weighted by atomic mass is 9.68. The molecule has 126 valence electrons. The summed E-state index contributed by atoms with van der Waals surface area (Å²) in [7, 11) is 0. The van der Waals surface area contributed by atoms with Gasteiger partial charge in [0.05, 0.1) is 1.37 Å². The molecule has 0 unspecified atom stereocenters. The smallest absolute Gasteiger partial charge is 0.127 e. The predicted octanol–water partition coefficient (Wildman–Crippen LogP) is 5.74. The summed E-state index contributed by atoms with van der Waals surface area (Å²) in [6, 6.07) is -1.01. The average molecular weight is 341 g/mol. The summed E-state index contributed by atoms with van der Waals surface area (Å²) in [5, 5.41) is 11.2. The molecule has 1 heterocycles. The quantitative estimate of drug-likeness (QED) is 0.709. The zero-order valence-electron chi connectivity index (χ0n) is 37.6. The van der Waals surface area contributed by atoms with E-state index < -0.39 is 117 Å². The highest BCUT2D eigenvalue weighted by Gasteiger charge is 2.45. The number of rotatable bonds is 4. The van der Waals surface area contributed by atoms with E-state index in [0.29, 0.717) is 0 Å². The van der Waals surface area contributed by atoms with E-state index in [4.69, 9.17) is 39.0 Å². The molecule has 1 aromatic rings. The lowest BCUT2D eigenvalue weighted by Gasteiger charge is -2.46. The molecule has 1 aliphatic carbocycles. The Labute approximate surface area is 177 Å². The van der Waals surface area contributed by atoms with Crippen molar-refractivity contribution in [3.63, 3.8) is 0 Å².